The van der Waals surface area contributed by atoms with E-state index in [1.54, 1.807) is 23.5 Å². The lowest BCUT2D eigenvalue weighted by Gasteiger charge is -2.35. The van der Waals surface area contributed by atoms with Crippen molar-refractivity contribution in [1.82, 2.24) is 9.88 Å². The maximum atomic E-state index is 13.3. The molecule has 1 fully saturated rings. The van der Waals surface area contributed by atoms with Crippen LogP contribution < -0.4 is 15.4 Å². The summed E-state index contributed by atoms with van der Waals surface area (Å²) in [5.74, 6) is 0.742. The Labute approximate surface area is 180 Å². The zero-order valence-corrected chi connectivity index (χ0v) is 18.4. The lowest BCUT2D eigenvalue weighted by atomic mass is 10.2. The summed E-state index contributed by atoms with van der Waals surface area (Å²) in [6.45, 7) is 5.85. The number of hydrogen-bond donors (Lipinski definition) is 1. The monoisotopic (exact) mass is 505 g/mol. The molecule has 2 N–H and O–H groups in total. The summed E-state index contributed by atoms with van der Waals surface area (Å²) in [6.07, 6.45) is 2.46. The molecule has 1 atom stereocenters. The molecule has 3 rings (SSSR count). The smallest absolute Gasteiger partial charge is 0.191 e. The van der Waals surface area contributed by atoms with Gasteiger partial charge in [-0.15, -0.1) is 35.3 Å². The van der Waals surface area contributed by atoms with Crippen molar-refractivity contribution in [2.45, 2.75) is 19.4 Å². The molecule has 0 aliphatic carbocycles. The normalized spacial score (nSPS) is 16.0. The van der Waals surface area contributed by atoms with Crippen LogP contribution in [0.15, 0.2) is 40.8 Å². The van der Waals surface area contributed by atoms with Crippen molar-refractivity contribution in [2.24, 2.45) is 10.7 Å². The van der Waals surface area contributed by atoms with E-state index >= 15 is 0 Å². The van der Waals surface area contributed by atoms with Gasteiger partial charge in [-0.25, -0.2) is 14.4 Å². The van der Waals surface area contributed by atoms with E-state index in [4.69, 9.17) is 10.5 Å². The van der Waals surface area contributed by atoms with Crippen LogP contribution >= 0.6 is 35.3 Å². The summed E-state index contributed by atoms with van der Waals surface area (Å²) in [5.41, 5.74) is 6.16. The lowest BCUT2D eigenvalue weighted by Crippen LogP contribution is -2.51. The number of rotatable bonds is 6. The fourth-order valence-electron chi connectivity index (χ4n) is 2.78. The van der Waals surface area contributed by atoms with Crippen LogP contribution in [-0.4, -0.2) is 54.7 Å². The SMILES string of the molecule is CCC(CN=C(N)N1CCN(c2nccs2)CC1)Oc1cccc(F)c1.I. The number of aliphatic imine (C=N–C) groups is 1. The van der Waals surface area contributed by atoms with Crippen molar-refractivity contribution >= 4 is 46.4 Å². The van der Waals surface area contributed by atoms with E-state index in [1.165, 1.54) is 12.1 Å². The fourth-order valence-corrected chi connectivity index (χ4v) is 3.47. The number of benzene rings is 1. The van der Waals surface area contributed by atoms with Gasteiger partial charge in [0.1, 0.15) is 17.7 Å². The molecular weight excluding hydrogens is 480 g/mol. The van der Waals surface area contributed by atoms with Gasteiger partial charge in [0.2, 0.25) is 0 Å². The van der Waals surface area contributed by atoms with Gasteiger partial charge in [-0.05, 0) is 18.6 Å². The number of piperazine rings is 1. The van der Waals surface area contributed by atoms with E-state index in [1.807, 2.05) is 18.5 Å². The molecule has 1 aliphatic rings. The van der Waals surface area contributed by atoms with Crippen molar-refractivity contribution in [3.8, 4) is 5.75 Å². The lowest BCUT2D eigenvalue weighted by molar-refractivity contribution is 0.204. The minimum absolute atomic E-state index is 0. The quantitative estimate of drug-likeness (QED) is 0.371. The fraction of sp³-hybridized carbons (Fsp3) is 0.444. The topological polar surface area (TPSA) is 67.0 Å². The second-order valence-electron chi connectivity index (χ2n) is 6.09. The van der Waals surface area contributed by atoms with Crippen LogP contribution in [0, 0.1) is 5.82 Å². The maximum Gasteiger partial charge on any atom is 0.191 e. The van der Waals surface area contributed by atoms with Gasteiger partial charge in [-0.1, -0.05) is 13.0 Å². The molecule has 0 radical (unpaired) electrons. The van der Waals surface area contributed by atoms with E-state index in [9.17, 15) is 4.39 Å². The van der Waals surface area contributed by atoms with Gasteiger partial charge < -0.3 is 20.3 Å². The van der Waals surface area contributed by atoms with Crippen molar-refractivity contribution < 1.29 is 9.13 Å². The minimum atomic E-state index is -0.307. The summed E-state index contributed by atoms with van der Waals surface area (Å²) < 4.78 is 19.1. The summed E-state index contributed by atoms with van der Waals surface area (Å²) in [4.78, 5) is 13.2. The third-order valence-corrected chi connectivity index (χ3v) is 5.14. The van der Waals surface area contributed by atoms with Crippen molar-refractivity contribution in [1.29, 1.82) is 0 Å². The molecule has 6 nitrogen and oxygen atoms in total. The first-order valence-electron chi connectivity index (χ1n) is 8.77. The van der Waals surface area contributed by atoms with E-state index in [0.717, 1.165) is 37.7 Å². The third kappa shape index (κ3) is 6.20. The van der Waals surface area contributed by atoms with Gasteiger partial charge in [0, 0.05) is 43.8 Å². The van der Waals surface area contributed by atoms with E-state index in [0.29, 0.717) is 18.3 Å². The summed E-state index contributed by atoms with van der Waals surface area (Å²) in [7, 11) is 0. The molecule has 9 heteroatoms. The average Bonchev–Trinajstić information content (AvgIpc) is 3.20. The molecule has 1 aromatic heterocycles. The highest BCUT2D eigenvalue weighted by Gasteiger charge is 2.20. The Hall–Kier alpha value is -1.62. The molecule has 148 valence electrons. The van der Waals surface area contributed by atoms with Crippen LogP contribution in [0.4, 0.5) is 9.52 Å². The van der Waals surface area contributed by atoms with E-state index in [2.05, 4.69) is 19.8 Å². The van der Waals surface area contributed by atoms with Crippen LogP contribution in [0.5, 0.6) is 5.75 Å². The average molecular weight is 505 g/mol. The zero-order valence-electron chi connectivity index (χ0n) is 15.3. The molecule has 2 aromatic rings. The van der Waals surface area contributed by atoms with Gasteiger partial charge in [0.05, 0.1) is 6.54 Å². The van der Waals surface area contributed by atoms with Crippen molar-refractivity contribution in [2.75, 3.05) is 37.6 Å². The largest absolute Gasteiger partial charge is 0.488 e. The Bertz CT molecular complexity index is 722. The molecule has 0 amide bonds. The first-order chi connectivity index (χ1) is 12.7. The molecular formula is C18H25FIN5OS. The van der Waals surface area contributed by atoms with Gasteiger partial charge in [0.25, 0.3) is 0 Å². The second kappa shape index (κ2) is 10.6. The Kier molecular flexibility index (Phi) is 8.55. The van der Waals surface area contributed by atoms with Gasteiger partial charge >= 0.3 is 0 Å². The Morgan fingerprint density at radius 3 is 2.78 bits per heavy atom. The maximum absolute atomic E-state index is 13.3. The number of ether oxygens (including phenoxy) is 1. The van der Waals surface area contributed by atoms with Crippen LogP contribution in [0.3, 0.4) is 0 Å². The van der Waals surface area contributed by atoms with E-state index < -0.39 is 0 Å². The number of aromatic nitrogens is 1. The highest BCUT2D eigenvalue weighted by molar-refractivity contribution is 14.0. The number of hydrogen-bond acceptors (Lipinski definition) is 5. The predicted molar refractivity (Wildman–Crippen MR) is 119 cm³/mol. The number of nitrogens with two attached hydrogens (primary N) is 1. The molecule has 1 unspecified atom stereocenters. The van der Waals surface area contributed by atoms with Gasteiger partial charge in [-0.3, -0.25) is 0 Å². The van der Waals surface area contributed by atoms with Crippen LogP contribution in [-0.2, 0) is 0 Å². The second-order valence-corrected chi connectivity index (χ2v) is 6.97. The predicted octanol–water partition coefficient (Wildman–Crippen LogP) is 3.19. The molecule has 1 aromatic carbocycles. The Morgan fingerprint density at radius 2 is 2.15 bits per heavy atom. The number of thiazole rings is 1. The van der Waals surface area contributed by atoms with Crippen LogP contribution in [0.25, 0.3) is 0 Å². The molecule has 27 heavy (non-hydrogen) atoms. The van der Waals surface area contributed by atoms with Crippen molar-refractivity contribution in [3.05, 3.63) is 41.7 Å². The molecule has 1 aliphatic heterocycles. The number of nitrogens with zero attached hydrogens (tertiary/aromatic N) is 4. The molecule has 0 spiro atoms. The van der Waals surface area contributed by atoms with Crippen LogP contribution in [0.1, 0.15) is 13.3 Å². The third-order valence-electron chi connectivity index (χ3n) is 4.30. The highest BCUT2D eigenvalue weighted by atomic mass is 127. The first kappa shape index (κ1) is 21.7. The summed E-state index contributed by atoms with van der Waals surface area (Å²) in [6, 6.07) is 6.16. The molecule has 0 bridgehead atoms. The Morgan fingerprint density at radius 1 is 1.37 bits per heavy atom. The number of guanidine groups is 1. The van der Waals surface area contributed by atoms with Crippen molar-refractivity contribution in [3.63, 3.8) is 0 Å². The van der Waals surface area contributed by atoms with Gasteiger partial charge in [-0.2, -0.15) is 0 Å². The molecule has 0 saturated carbocycles. The summed E-state index contributed by atoms with van der Waals surface area (Å²) in [5, 5.41) is 3.04. The number of halogens is 2. The highest BCUT2D eigenvalue weighted by Crippen LogP contribution is 2.19. The summed E-state index contributed by atoms with van der Waals surface area (Å²) >= 11 is 1.65. The van der Waals surface area contributed by atoms with Gasteiger partial charge in [0.15, 0.2) is 11.1 Å². The molecule has 1 saturated heterocycles. The first-order valence-corrected chi connectivity index (χ1v) is 9.65. The number of anilines is 1. The Balaban J connectivity index is 0.00000261. The molecule has 2 heterocycles. The van der Waals surface area contributed by atoms with E-state index in [-0.39, 0.29) is 35.9 Å². The van der Waals surface area contributed by atoms with Crippen LogP contribution in [0.2, 0.25) is 0 Å². The standard InChI is InChI=1S/C18H24FN5OS.HI/c1-2-15(25-16-5-3-4-14(19)12-16)13-22-17(20)23-7-9-24(10-8-23)18-21-6-11-26-18;/h3-6,11-12,15H,2,7-10,13H2,1H3,(H2,20,22);1H. The minimum Gasteiger partial charge on any atom is -0.488 e. The zero-order chi connectivity index (χ0) is 18.4.